The molecule has 1 amide bonds. The van der Waals surface area contributed by atoms with Gasteiger partial charge in [0.05, 0.1) is 24.2 Å². The van der Waals surface area contributed by atoms with Crippen LogP contribution in [0.5, 0.6) is 5.75 Å². The number of nitrogens with zero attached hydrogens (tertiary/aromatic N) is 3. The summed E-state index contributed by atoms with van der Waals surface area (Å²) >= 11 is 0. The Morgan fingerprint density at radius 3 is 2.59 bits per heavy atom. The average Bonchev–Trinajstić information content (AvgIpc) is 3.03. The number of aliphatic carboxylic acids is 1. The largest absolute Gasteiger partial charge is 0.494 e. The second-order valence-electron chi connectivity index (χ2n) is 5.77. The molecule has 0 unspecified atom stereocenters. The summed E-state index contributed by atoms with van der Waals surface area (Å²) in [6.45, 7) is 0.177. The molecule has 1 aromatic carbocycles. The third-order valence-electron chi connectivity index (χ3n) is 3.42. The van der Waals surface area contributed by atoms with Crippen LogP contribution in [0, 0.1) is 0 Å². The monoisotopic (exact) mass is 396 g/mol. The van der Waals surface area contributed by atoms with Crippen molar-refractivity contribution >= 4 is 21.7 Å². The average molecular weight is 396 g/mol. The molecule has 0 saturated carbocycles. The van der Waals surface area contributed by atoms with Crippen LogP contribution in [-0.2, 0) is 32.5 Å². The number of amides is 1. The topological polar surface area (TPSA) is 140 Å². The molecule has 0 bridgehead atoms. The number of sulfone groups is 1. The van der Waals surface area contributed by atoms with Crippen molar-refractivity contribution in [2.24, 2.45) is 0 Å². The quantitative estimate of drug-likeness (QED) is 0.544. The van der Waals surface area contributed by atoms with Crippen LogP contribution in [-0.4, -0.2) is 53.3 Å². The second kappa shape index (κ2) is 9.12. The van der Waals surface area contributed by atoms with Crippen molar-refractivity contribution in [2.75, 3.05) is 12.9 Å². The van der Waals surface area contributed by atoms with E-state index in [2.05, 4.69) is 15.6 Å². The van der Waals surface area contributed by atoms with Crippen LogP contribution in [0.2, 0.25) is 0 Å². The van der Waals surface area contributed by atoms with E-state index < -0.39 is 15.8 Å². The lowest BCUT2D eigenvalue weighted by atomic mass is 10.3. The number of carbonyl (C=O) groups excluding carboxylic acids is 1. The van der Waals surface area contributed by atoms with Crippen molar-refractivity contribution in [1.29, 1.82) is 0 Å². The smallest absolute Gasteiger partial charge is 0.325 e. The van der Waals surface area contributed by atoms with Crippen molar-refractivity contribution in [1.82, 2.24) is 20.3 Å². The highest BCUT2D eigenvalue weighted by Crippen LogP contribution is 2.16. The maximum Gasteiger partial charge on any atom is 0.325 e. The van der Waals surface area contributed by atoms with Gasteiger partial charge in [-0.2, -0.15) is 0 Å². The standard InChI is InChI=1S/C16H20N4O6S/c1-27(24,25)14-6-4-13(5-7-14)26-8-2-3-15(21)17-9-12-10-20(19-18-12)11-16(22)23/h4-7,10H,2-3,8-9,11H2,1H3,(H,17,21)(H,22,23). The first-order chi connectivity index (χ1) is 12.7. The Labute approximate surface area is 156 Å². The summed E-state index contributed by atoms with van der Waals surface area (Å²) in [7, 11) is -3.24. The molecular formula is C16H20N4O6S. The lowest BCUT2D eigenvalue weighted by Gasteiger charge is -2.07. The third kappa shape index (κ3) is 7.05. The summed E-state index contributed by atoms with van der Waals surface area (Å²) in [5, 5.41) is 18.7. The van der Waals surface area contributed by atoms with Gasteiger partial charge in [-0.05, 0) is 30.7 Å². The van der Waals surface area contributed by atoms with Crippen LogP contribution in [0.15, 0.2) is 35.4 Å². The van der Waals surface area contributed by atoms with Crippen molar-refractivity contribution < 1.29 is 27.9 Å². The molecular weight excluding hydrogens is 376 g/mol. The number of carboxylic acids is 1. The van der Waals surface area contributed by atoms with Crippen molar-refractivity contribution in [3.05, 3.63) is 36.2 Å². The van der Waals surface area contributed by atoms with E-state index in [-0.39, 0.29) is 30.3 Å². The van der Waals surface area contributed by atoms with E-state index in [0.717, 1.165) is 6.26 Å². The van der Waals surface area contributed by atoms with Crippen molar-refractivity contribution in [3.8, 4) is 5.75 Å². The van der Waals surface area contributed by atoms with Gasteiger partial charge in [-0.15, -0.1) is 5.10 Å². The minimum absolute atomic E-state index is 0.159. The first-order valence-corrected chi connectivity index (χ1v) is 9.93. The Balaban J connectivity index is 1.66. The molecule has 27 heavy (non-hydrogen) atoms. The first-order valence-electron chi connectivity index (χ1n) is 8.04. The predicted octanol–water partition coefficient (Wildman–Crippen LogP) is 0.242. The molecule has 0 spiro atoms. The molecule has 0 atom stereocenters. The lowest BCUT2D eigenvalue weighted by Crippen LogP contribution is -2.23. The molecule has 0 saturated heterocycles. The Morgan fingerprint density at radius 2 is 1.96 bits per heavy atom. The molecule has 146 valence electrons. The molecule has 1 heterocycles. The molecule has 0 radical (unpaired) electrons. The number of nitrogens with one attached hydrogen (secondary N) is 1. The zero-order valence-electron chi connectivity index (χ0n) is 14.7. The summed E-state index contributed by atoms with van der Waals surface area (Å²) in [4.78, 5) is 22.6. The highest BCUT2D eigenvalue weighted by Gasteiger charge is 2.08. The first kappa shape index (κ1) is 20.4. The van der Waals surface area contributed by atoms with Gasteiger partial charge in [-0.25, -0.2) is 13.1 Å². The van der Waals surface area contributed by atoms with Crippen LogP contribution >= 0.6 is 0 Å². The van der Waals surface area contributed by atoms with E-state index in [9.17, 15) is 18.0 Å². The maximum absolute atomic E-state index is 11.8. The fourth-order valence-corrected chi connectivity index (χ4v) is 2.75. The fraction of sp³-hybridized carbons (Fsp3) is 0.375. The minimum atomic E-state index is -3.24. The summed E-state index contributed by atoms with van der Waals surface area (Å²) in [6, 6.07) is 6.07. The van der Waals surface area contributed by atoms with Crippen molar-refractivity contribution in [2.45, 2.75) is 30.8 Å². The van der Waals surface area contributed by atoms with Gasteiger partial charge in [0.1, 0.15) is 18.0 Å². The van der Waals surface area contributed by atoms with Gasteiger partial charge < -0.3 is 15.2 Å². The predicted molar refractivity (Wildman–Crippen MR) is 93.8 cm³/mol. The molecule has 0 fully saturated rings. The van der Waals surface area contributed by atoms with Gasteiger partial charge in [0.2, 0.25) is 5.91 Å². The minimum Gasteiger partial charge on any atom is -0.494 e. The Morgan fingerprint density at radius 1 is 1.26 bits per heavy atom. The van der Waals surface area contributed by atoms with Crippen LogP contribution in [0.3, 0.4) is 0 Å². The molecule has 1 aromatic heterocycles. The SMILES string of the molecule is CS(=O)(=O)c1ccc(OCCCC(=O)NCc2cn(CC(=O)O)nn2)cc1. The number of rotatable bonds is 10. The number of aromatic nitrogens is 3. The summed E-state index contributed by atoms with van der Waals surface area (Å²) in [5.74, 6) is -0.696. The normalized spacial score (nSPS) is 11.1. The number of hydrogen-bond acceptors (Lipinski definition) is 7. The molecule has 2 aromatic rings. The van der Waals surface area contributed by atoms with Crippen LogP contribution in [0.1, 0.15) is 18.5 Å². The Hall–Kier alpha value is -2.95. The fourth-order valence-electron chi connectivity index (χ4n) is 2.12. The van der Waals surface area contributed by atoms with Crippen molar-refractivity contribution in [3.63, 3.8) is 0 Å². The Bertz CT molecular complexity index is 892. The third-order valence-corrected chi connectivity index (χ3v) is 4.55. The summed E-state index contributed by atoms with van der Waals surface area (Å²) < 4.78 is 29.4. The number of benzene rings is 1. The zero-order chi connectivity index (χ0) is 19.9. The van der Waals surface area contributed by atoms with Gasteiger partial charge >= 0.3 is 5.97 Å². The molecule has 0 aliphatic rings. The highest BCUT2D eigenvalue weighted by atomic mass is 32.2. The van der Waals surface area contributed by atoms with Gasteiger partial charge in [-0.1, -0.05) is 5.21 Å². The number of ether oxygens (including phenoxy) is 1. The molecule has 0 aliphatic heterocycles. The van der Waals surface area contributed by atoms with Gasteiger partial charge in [0.15, 0.2) is 9.84 Å². The van der Waals surface area contributed by atoms with Crippen LogP contribution < -0.4 is 10.1 Å². The van der Waals surface area contributed by atoms with E-state index in [0.29, 0.717) is 24.5 Å². The summed E-state index contributed by atoms with van der Waals surface area (Å²) in [6.07, 6.45) is 3.31. The van der Waals surface area contributed by atoms with Crippen LogP contribution in [0.4, 0.5) is 0 Å². The van der Waals surface area contributed by atoms with Gasteiger partial charge in [-0.3, -0.25) is 9.59 Å². The van der Waals surface area contributed by atoms with E-state index >= 15 is 0 Å². The van der Waals surface area contributed by atoms with E-state index in [1.54, 1.807) is 12.1 Å². The molecule has 11 heteroatoms. The van der Waals surface area contributed by atoms with Gasteiger partial charge in [0, 0.05) is 12.7 Å². The molecule has 10 nitrogen and oxygen atoms in total. The highest BCUT2D eigenvalue weighted by molar-refractivity contribution is 7.90. The molecule has 0 aliphatic carbocycles. The van der Waals surface area contributed by atoms with Gasteiger partial charge in [0.25, 0.3) is 0 Å². The maximum atomic E-state index is 11.8. The lowest BCUT2D eigenvalue weighted by molar-refractivity contribution is -0.138. The van der Waals surface area contributed by atoms with E-state index in [1.807, 2.05) is 0 Å². The number of carbonyl (C=O) groups is 2. The number of hydrogen-bond donors (Lipinski definition) is 2. The summed E-state index contributed by atoms with van der Waals surface area (Å²) in [5.41, 5.74) is 0.465. The molecule has 2 rings (SSSR count). The Kier molecular flexibility index (Phi) is 6.88. The number of carboxylic acid groups (broad SMARTS) is 1. The molecule has 2 N–H and O–H groups in total. The van der Waals surface area contributed by atoms with E-state index in [1.165, 1.54) is 23.0 Å². The second-order valence-corrected chi connectivity index (χ2v) is 7.79. The van der Waals surface area contributed by atoms with Crippen LogP contribution in [0.25, 0.3) is 0 Å². The van der Waals surface area contributed by atoms with E-state index in [4.69, 9.17) is 9.84 Å². The zero-order valence-corrected chi connectivity index (χ0v) is 15.5.